The quantitative estimate of drug-likeness (QED) is 0.458. The van der Waals surface area contributed by atoms with Crippen LogP contribution in [0.25, 0.3) is 0 Å². The van der Waals surface area contributed by atoms with Gasteiger partial charge in [0.1, 0.15) is 5.69 Å². The summed E-state index contributed by atoms with van der Waals surface area (Å²) in [6.45, 7) is 19.3. The van der Waals surface area contributed by atoms with Gasteiger partial charge in [-0.25, -0.2) is 5.21 Å². The number of piperidine rings is 1. The Morgan fingerprint density at radius 3 is 1.85 bits per heavy atom. The molecule has 1 aliphatic heterocycles. The third kappa shape index (κ3) is 10.2. The summed E-state index contributed by atoms with van der Waals surface area (Å²) < 4.78 is 0. The molecule has 3 heteroatoms. The van der Waals surface area contributed by atoms with Gasteiger partial charge in [-0.1, -0.05) is 93.2 Å². The van der Waals surface area contributed by atoms with Crippen LogP contribution in [0.4, 0.5) is 11.4 Å². The Hall–Kier alpha value is -1.06. The summed E-state index contributed by atoms with van der Waals surface area (Å²) in [6, 6.07) is 8.06. The number of hydrogen-bond acceptors (Lipinski definition) is 2. The first-order chi connectivity index (χ1) is 12.6. The second kappa shape index (κ2) is 17.4. The zero-order valence-corrected chi connectivity index (χ0v) is 18.9. The zero-order valence-electron chi connectivity index (χ0n) is 18.9. The van der Waals surface area contributed by atoms with Gasteiger partial charge >= 0.3 is 0 Å². The number of anilines is 1. The van der Waals surface area contributed by atoms with Crippen molar-refractivity contribution in [3.8, 4) is 0 Å². The minimum absolute atomic E-state index is 0.508. The van der Waals surface area contributed by atoms with E-state index in [9.17, 15) is 5.21 Å². The van der Waals surface area contributed by atoms with Crippen LogP contribution >= 0.6 is 0 Å². The fourth-order valence-corrected chi connectivity index (χ4v) is 2.88. The summed E-state index contributed by atoms with van der Waals surface area (Å²) in [7, 11) is 0. The van der Waals surface area contributed by atoms with E-state index in [4.69, 9.17) is 0 Å². The molecule has 0 unspecified atom stereocenters. The molecular weight excluding hydrogens is 320 g/mol. The molecule has 0 bridgehead atoms. The highest BCUT2D eigenvalue weighted by Crippen LogP contribution is 2.36. The molecule has 1 aromatic carbocycles. The molecule has 0 spiro atoms. The summed E-state index contributed by atoms with van der Waals surface area (Å²) in [5.41, 5.74) is 3.80. The predicted molar refractivity (Wildman–Crippen MR) is 118 cm³/mol. The van der Waals surface area contributed by atoms with Crippen LogP contribution in [0, 0.1) is 5.41 Å². The van der Waals surface area contributed by atoms with Gasteiger partial charge in [0.25, 0.3) is 0 Å². The highest BCUT2D eigenvalue weighted by atomic mass is 16.5. The van der Waals surface area contributed by atoms with Gasteiger partial charge in [0.2, 0.25) is 0 Å². The lowest BCUT2D eigenvalue weighted by Crippen LogP contribution is -2.74. The monoisotopic (exact) mass is 367 g/mol. The largest absolute Gasteiger partial charge is 0.367 e. The van der Waals surface area contributed by atoms with Crippen molar-refractivity contribution in [1.82, 2.24) is 0 Å². The Bertz CT molecular complexity index is 410. The Labute approximate surface area is 164 Å². The van der Waals surface area contributed by atoms with Crippen molar-refractivity contribution in [2.75, 3.05) is 18.0 Å². The van der Waals surface area contributed by atoms with Gasteiger partial charge in [-0.15, -0.1) is 0 Å². The maximum atomic E-state index is 9.25. The number of hydrogen-bond donors (Lipinski definition) is 2. The highest BCUT2D eigenvalue weighted by Gasteiger charge is 2.29. The summed E-state index contributed by atoms with van der Waals surface area (Å²) in [5.74, 6) is 0. The molecule has 0 radical (unpaired) electrons. The van der Waals surface area contributed by atoms with Crippen LogP contribution in [0.5, 0.6) is 0 Å². The summed E-state index contributed by atoms with van der Waals surface area (Å²) in [5, 5.41) is 9.25. The molecule has 1 saturated heterocycles. The molecule has 0 atom stereocenters. The van der Waals surface area contributed by atoms with E-state index >= 15 is 0 Å². The number of benzene rings is 1. The van der Waals surface area contributed by atoms with Crippen molar-refractivity contribution >= 4 is 11.4 Å². The second-order valence-electron chi connectivity index (χ2n) is 6.69. The maximum Gasteiger partial charge on any atom is 0.185 e. The number of quaternary nitrogens is 1. The van der Waals surface area contributed by atoms with E-state index in [0.29, 0.717) is 5.41 Å². The van der Waals surface area contributed by atoms with Crippen molar-refractivity contribution in [3.63, 3.8) is 0 Å². The third-order valence-electron chi connectivity index (χ3n) is 4.95. The lowest BCUT2D eigenvalue weighted by molar-refractivity contribution is -0.825. The van der Waals surface area contributed by atoms with E-state index in [-0.39, 0.29) is 0 Å². The van der Waals surface area contributed by atoms with E-state index in [1.807, 2.05) is 45.9 Å². The Kier molecular flexibility index (Phi) is 18.1. The van der Waals surface area contributed by atoms with Gasteiger partial charge in [0.15, 0.2) is 5.69 Å². The predicted octanol–water partition coefficient (Wildman–Crippen LogP) is 6.54. The molecule has 2 rings (SSSR count). The molecule has 0 amide bonds. The van der Waals surface area contributed by atoms with Crippen molar-refractivity contribution in [1.29, 1.82) is 0 Å². The van der Waals surface area contributed by atoms with Crippen molar-refractivity contribution in [2.45, 2.75) is 93.9 Å². The van der Waals surface area contributed by atoms with Crippen LogP contribution in [0.1, 0.15) is 93.9 Å². The molecule has 1 aromatic rings. The van der Waals surface area contributed by atoms with Gasteiger partial charge < -0.3 is 4.90 Å². The maximum absolute atomic E-state index is 9.25. The van der Waals surface area contributed by atoms with Crippen LogP contribution in [-0.4, -0.2) is 18.3 Å². The lowest BCUT2D eigenvalue weighted by atomic mass is 9.78. The van der Waals surface area contributed by atoms with Crippen molar-refractivity contribution in [2.24, 2.45) is 5.41 Å². The number of nitrogens with two attached hydrogens (primary N) is 1. The summed E-state index contributed by atoms with van der Waals surface area (Å²) in [6.07, 6.45) is 7.81. The average Bonchev–Trinajstić information content (AvgIpc) is 2.73. The van der Waals surface area contributed by atoms with Crippen LogP contribution in [0.2, 0.25) is 0 Å². The van der Waals surface area contributed by atoms with Gasteiger partial charge in [-0.2, -0.15) is 5.48 Å². The standard InChI is InChI=1S/C14H22N2O.C5H12.2C2H6/c1-3-14(2)8-10-16(11-9-14)13-7-5-4-6-12(13)15-17;1-3-5-4-2;2*1-2/h4-7,15,17H,3,8-11H2,1-2H3;3-5H2,1-2H3;2*1-2H3/p+1. The molecule has 154 valence electrons. The number of para-hydroxylation sites is 2. The van der Waals surface area contributed by atoms with E-state index in [0.717, 1.165) is 24.5 Å². The first-order valence-electron chi connectivity index (χ1n) is 10.9. The lowest BCUT2D eigenvalue weighted by Gasteiger charge is -2.40. The minimum Gasteiger partial charge on any atom is -0.367 e. The summed E-state index contributed by atoms with van der Waals surface area (Å²) >= 11 is 0. The topological polar surface area (TPSA) is 40.1 Å². The van der Waals surface area contributed by atoms with Gasteiger partial charge in [-0.05, 0) is 24.3 Å². The van der Waals surface area contributed by atoms with Crippen LogP contribution in [-0.2, 0) is 0 Å². The normalized spacial score (nSPS) is 14.7. The molecule has 0 saturated carbocycles. The number of rotatable bonds is 5. The second-order valence-corrected chi connectivity index (χ2v) is 6.69. The van der Waals surface area contributed by atoms with Crippen molar-refractivity contribution < 1.29 is 10.7 Å². The van der Waals surface area contributed by atoms with Crippen molar-refractivity contribution in [3.05, 3.63) is 24.3 Å². The molecular formula is C23H47N2O+. The van der Waals surface area contributed by atoms with Crippen LogP contribution in [0.3, 0.4) is 0 Å². The van der Waals surface area contributed by atoms with Gasteiger partial charge in [0.05, 0.1) is 0 Å². The van der Waals surface area contributed by atoms with Gasteiger partial charge in [0, 0.05) is 19.2 Å². The number of nitrogens with zero attached hydrogens (tertiary/aromatic N) is 1. The third-order valence-corrected chi connectivity index (χ3v) is 4.95. The molecule has 26 heavy (non-hydrogen) atoms. The molecule has 0 aliphatic carbocycles. The fourth-order valence-electron chi connectivity index (χ4n) is 2.88. The Morgan fingerprint density at radius 1 is 0.962 bits per heavy atom. The Balaban J connectivity index is 0. The molecule has 1 heterocycles. The minimum atomic E-state index is 0.508. The molecule has 3 nitrogen and oxygen atoms in total. The summed E-state index contributed by atoms with van der Waals surface area (Å²) in [4.78, 5) is 2.39. The van der Waals surface area contributed by atoms with Crippen LogP contribution < -0.4 is 10.4 Å². The molecule has 1 aliphatic rings. The van der Waals surface area contributed by atoms with E-state index in [1.165, 1.54) is 44.0 Å². The molecule has 0 aromatic heterocycles. The first kappa shape index (κ1) is 27.2. The SMILES string of the molecule is CC.CC.CCC1(C)CCN(c2ccccc2[NH2+]O)CC1.CCCCC. The smallest absolute Gasteiger partial charge is 0.185 e. The van der Waals surface area contributed by atoms with Crippen LogP contribution in [0.15, 0.2) is 24.3 Å². The molecule has 1 fully saturated rings. The molecule has 3 N–H and O–H groups in total. The average molecular weight is 368 g/mol. The fraction of sp³-hybridized carbons (Fsp3) is 0.739. The highest BCUT2D eigenvalue weighted by molar-refractivity contribution is 5.62. The van der Waals surface area contributed by atoms with E-state index in [1.54, 1.807) is 0 Å². The van der Waals surface area contributed by atoms with E-state index in [2.05, 4.69) is 38.7 Å². The number of unbranched alkanes of at least 4 members (excludes halogenated alkanes) is 2. The van der Waals surface area contributed by atoms with Gasteiger partial charge in [-0.3, -0.25) is 0 Å². The van der Waals surface area contributed by atoms with E-state index < -0.39 is 0 Å². The Morgan fingerprint density at radius 2 is 1.46 bits per heavy atom. The zero-order chi connectivity index (χ0) is 20.4. The first-order valence-corrected chi connectivity index (χ1v) is 10.9.